The van der Waals surface area contributed by atoms with Crippen molar-refractivity contribution in [2.24, 2.45) is 0 Å². The van der Waals surface area contributed by atoms with Crippen LogP contribution in [0.25, 0.3) is 33.0 Å². The topological polar surface area (TPSA) is 0 Å². The lowest BCUT2D eigenvalue weighted by Crippen LogP contribution is -1.72. The molecular formula is C24H20S2. The van der Waals surface area contributed by atoms with Crippen LogP contribution in [0, 0.1) is 13.8 Å². The Hall–Kier alpha value is -2.42. The standard InChI is InChI=1S/C24H20S2/c1-17-3-7-19(8-4-17)23-15-13-21(25-23)11-12-22-14-16-24(26-22)20-9-5-18(2)6-10-20/h3-16H,1-2H3/b12-11+. The number of hydrogen-bond donors (Lipinski definition) is 0. The van der Waals surface area contributed by atoms with Crippen molar-refractivity contribution in [3.05, 3.63) is 93.7 Å². The highest BCUT2D eigenvalue weighted by molar-refractivity contribution is 7.17. The van der Waals surface area contributed by atoms with Gasteiger partial charge in [-0.15, -0.1) is 22.7 Å². The van der Waals surface area contributed by atoms with Crippen molar-refractivity contribution in [1.29, 1.82) is 0 Å². The van der Waals surface area contributed by atoms with Crippen LogP contribution < -0.4 is 0 Å². The lowest BCUT2D eigenvalue weighted by Gasteiger charge is -1.97. The van der Waals surface area contributed by atoms with Gasteiger partial charge in [0.15, 0.2) is 0 Å². The SMILES string of the molecule is Cc1ccc(-c2ccc(/C=C/c3ccc(-c4ccc(C)cc4)s3)s2)cc1. The predicted octanol–water partition coefficient (Wildman–Crippen LogP) is 7.93. The van der Waals surface area contributed by atoms with E-state index >= 15 is 0 Å². The molecule has 2 aromatic carbocycles. The van der Waals surface area contributed by atoms with Crippen molar-refractivity contribution in [3.8, 4) is 20.9 Å². The first-order valence-corrected chi connectivity index (χ1v) is 10.3. The highest BCUT2D eigenvalue weighted by atomic mass is 32.1. The largest absolute Gasteiger partial charge is 0.136 e. The van der Waals surface area contributed by atoms with Crippen molar-refractivity contribution in [3.63, 3.8) is 0 Å². The van der Waals surface area contributed by atoms with Crippen LogP contribution in [0.15, 0.2) is 72.8 Å². The number of thiophene rings is 2. The zero-order valence-corrected chi connectivity index (χ0v) is 16.5. The van der Waals surface area contributed by atoms with E-state index < -0.39 is 0 Å². The van der Waals surface area contributed by atoms with E-state index in [1.54, 1.807) is 0 Å². The van der Waals surface area contributed by atoms with Crippen LogP contribution in [0.3, 0.4) is 0 Å². The summed E-state index contributed by atoms with van der Waals surface area (Å²) in [6, 6.07) is 26.3. The van der Waals surface area contributed by atoms with Gasteiger partial charge < -0.3 is 0 Å². The maximum absolute atomic E-state index is 2.22. The summed E-state index contributed by atoms with van der Waals surface area (Å²) in [7, 11) is 0. The van der Waals surface area contributed by atoms with Crippen LogP contribution >= 0.6 is 22.7 Å². The molecule has 2 heterocycles. The van der Waals surface area contributed by atoms with Gasteiger partial charge in [0.25, 0.3) is 0 Å². The molecule has 0 fully saturated rings. The van der Waals surface area contributed by atoms with Crippen molar-refractivity contribution in [2.45, 2.75) is 13.8 Å². The molecule has 0 unspecified atom stereocenters. The predicted molar refractivity (Wildman–Crippen MR) is 118 cm³/mol. The fourth-order valence-electron chi connectivity index (χ4n) is 2.80. The maximum atomic E-state index is 2.22. The molecule has 0 nitrogen and oxygen atoms in total. The fourth-order valence-corrected chi connectivity index (χ4v) is 4.63. The monoisotopic (exact) mass is 372 g/mol. The minimum atomic E-state index is 1.28. The van der Waals surface area contributed by atoms with Gasteiger partial charge >= 0.3 is 0 Å². The fraction of sp³-hybridized carbons (Fsp3) is 0.0833. The van der Waals surface area contributed by atoms with Gasteiger partial charge in [-0.1, -0.05) is 59.7 Å². The molecule has 0 saturated carbocycles. The van der Waals surface area contributed by atoms with Gasteiger partial charge in [-0.05, 0) is 61.4 Å². The van der Waals surface area contributed by atoms with Crippen LogP contribution in [-0.2, 0) is 0 Å². The molecule has 0 spiro atoms. The average Bonchev–Trinajstić information content (AvgIpc) is 3.31. The molecule has 4 aromatic rings. The average molecular weight is 373 g/mol. The quantitative estimate of drug-likeness (QED) is 0.341. The van der Waals surface area contributed by atoms with E-state index in [9.17, 15) is 0 Å². The molecule has 4 rings (SSSR count). The van der Waals surface area contributed by atoms with Crippen molar-refractivity contribution < 1.29 is 0 Å². The van der Waals surface area contributed by atoms with Crippen LogP contribution in [-0.4, -0.2) is 0 Å². The summed E-state index contributed by atoms with van der Waals surface area (Å²) >= 11 is 3.67. The lowest BCUT2D eigenvalue weighted by molar-refractivity contribution is 1.48. The molecule has 2 heteroatoms. The van der Waals surface area contributed by atoms with Gasteiger partial charge in [0.1, 0.15) is 0 Å². The maximum Gasteiger partial charge on any atom is 0.0349 e. The normalized spacial score (nSPS) is 11.3. The van der Waals surface area contributed by atoms with Gasteiger partial charge in [0.05, 0.1) is 0 Å². The van der Waals surface area contributed by atoms with E-state index in [1.165, 1.54) is 41.8 Å². The Morgan fingerprint density at radius 1 is 0.500 bits per heavy atom. The Balaban J connectivity index is 1.50. The summed E-state index contributed by atoms with van der Waals surface area (Å²) in [5.74, 6) is 0. The molecule has 0 N–H and O–H groups in total. The van der Waals surface area contributed by atoms with Crippen molar-refractivity contribution in [1.82, 2.24) is 0 Å². The molecule has 0 bridgehead atoms. The lowest BCUT2D eigenvalue weighted by atomic mass is 10.1. The summed E-state index contributed by atoms with van der Waals surface area (Å²) in [4.78, 5) is 5.20. The van der Waals surface area contributed by atoms with Gasteiger partial charge in [-0.3, -0.25) is 0 Å². The number of benzene rings is 2. The molecule has 0 amide bonds. The summed E-state index contributed by atoms with van der Waals surface area (Å²) in [5.41, 5.74) is 5.18. The Morgan fingerprint density at radius 3 is 1.27 bits per heavy atom. The third-order valence-electron chi connectivity index (χ3n) is 4.34. The summed E-state index contributed by atoms with van der Waals surface area (Å²) in [5, 5.41) is 0. The second-order valence-electron chi connectivity index (χ2n) is 6.47. The molecule has 0 atom stereocenters. The minimum Gasteiger partial charge on any atom is -0.136 e. The first-order valence-electron chi connectivity index (χ1n) is 8.69. The molecule has 0 saturated heterocycles. The highest BCUT2D eigenvalue weighted by Crippen LogP contribution is 2.32. The van der Waals surface area contributed by atoms with E-state index in [4.69, 9.17) is 0 Å². The Labute approximate surface area is 163 Å². The Morgan fingerprint density at radius 2 is 0.885 bits per heavy atom. The van der Waals surface area contributed by atoms with Crippen LogP contribution in [0.2, 0.25) is 0 Å². The molecule has 0 aliphatic carbocycles. The molecule has 2 aromatic heterocycles. The Bertz CT molecular complexity index is 943. The molecule has 0 aliphatic heterocycles. The summed E-state index contributed by atoms with van der Waals surface area (Å²) in [6.07, 6.45) is 4.43. The van der Waals surface area contributed by atoms with E-state index in [-0.39, 0.29) is 0 Å². The molecule has 0 aliphatic rings. The summed E-state index contributed by atoms with van der Waals surface area (Å²) < 4.78 is 0. The van der Waals surface area contributed by atoms with Crippen molar-refractivity contribution in [2.75, 3.05) is 0 Å². The third kappa shape index (κ3) is 3.87. The van der Waals surface area contributed by atoms with Gasteiger partial charge in [0.2, 0.25) is 0 Å². The second-order valence-corrected chi connectivity index (χ2v) is 8.70. The number of aryl methyl sites for hydroxylation is 2. The summed E-state index contributed by atoms with van der Waals surface area (Å²) in [6.45, 7) is 4.25. The van der Waals surface area contributed by atoms with E-state index in [2.05, 4.69) is 98.8 Å². The van der Waals surface area contributed by atoms with Gasteiger partial charge in [-0.2, -0.15) is 0 Å². The Kier molecular flexibility index (Phi) is 4.87. The third-order valence-corrected chi connectivity index (χ3v) is 6.54. The number of rotatable bonds is 4. The zero-order chi connectivity index (χ0) is 17.9. The van der Waals surface area contributed by atoms with Gasteiger partial charge in [0, 0.05) is 19.5 Å². The second kappa shape index (κ2) is 7.45. The van der Waals surface area contributed by atoms with E-state index in [0.29, 0.717) is 0 Å². The first-order chi connectivity index (χ1) is 12.7. The van der Waals surface area contributed by atoms with E-state index in [1.807, 2.05) is 22.7 Å². The zero-order valence-electron chi connectivity index (χ0n) is 14.9. The molecular weight excluding hydrogens is 352 g/mol. The van der Waals surface area contributed by atoms with Crippen molar-refractivity contribution >= 4 is 34.8 Å². The first kappa shape index (κ1) is 17.0. The molecule has 128 valence electrons. The molecule has 0 radical (unpaired) electrons. The highest BCUT2D eigenvalue weighted by Gasteiger charge is 2.03. The number of hydrogen-bond acceptors (Lipinski definition) is 2. The van der Waals surface area contributed by atoms with Gasteiger partial charge in [-0.25, -0.2) is 0 Å². The molecule has 26 heavy (non-hydrogen) atoms. The van der Waals surface area contributed by atoms with Crippen LogP contribution in [0.5, 0.6) is 0 Å². The minimum absolute atomic E-state index is 1.28. The smallest absolute Gasteiger partial charge is 0.0349 e. The van der Waals surface area contributed by atoms with E-state index in [0.717, 1.165) is 0 Å². The van der Waals surface area contributed by atoms with Crippen LogP contribution in [0.1, 0.15) is 20.9 Å². The van der Waals surface area contributed by atoms with Crippen LogP contribution in [0.4, 0.5) is 0 Å².